The number of anilines is 1. The zero-order valence-electron chi connectivity index (χ0n) is 9.92. The van der Waals surface area contributed by atoms with E-state index >= 15 is 0 Å². The molecule has 7 heteroatoms. The Kier molecular flexibility index (Phi) is 3.28. The van der Waals surface area contributed by atoms with Crippen molar-refractivity contribution in [2.24, 2.45) is 7.05 Å². The van der Waals surface area contributed by atoms with Gasteiger partial charge in [0, 0.05) is 7.05 Å². The molecule has 1 amide bonds. The molecule has 2 rings (SSSR count). The molecule has 0 bridgehead atoms. The van der Waals surface area contributed by atoms with Gasteiger partial charge in [0.05, 0.1) is 11.8 Å². The molecule has 0 fully saturated rings. The Hall–Kier alpha value is -2.70. The van der Waals surface area contributed by atoms with Crippen molar-refractivity contribution in [2.75, 3.05) is 5.32 Å². The highest BCUT2D eigenvalue weighted by atomic mass is 19.1. The molecule has 1 aromatic carbocycles. The van der Waals surface area contributed by atoms with E-state index in [0.717, 1.165) is 12.3 Å². The lowest BCUT2D eigenvalue weighted by atomic mass is 10.2. The number of carbonyl (C=O) groups is 2. The average molecular weight is 263 g/mol. The molecule has 6 nitrogen and oxygen atoms in total. The predicted molar refractivity (Wildman–Crippen MR) is 64.5 cm³/mol. The van der Waals surface area contributed by atoms with Crippen LogP contribution in [0.3, 0.4) is 0 Å². The number of carboxylic acids is 1. The Morgan fingerprint density at radius 2 is 2.00 bits per heavy atom. The number of halogens is 1. The molecular formula is C12H10FN3O3. The van der Waals surface area contributed by atoms with E-state index in [1.54, 1.807) is 0 Å². The van der Waals surface area contributed by atoms with Gasteiger partial charge in [0.25, 0.3) is 5.91 Å². The van der Waals surface area contributed by atoms with Gasteiger partial charge < -0.3 is 10.4 Å². The quantitative estimate of drug-likeness (QED) is 0.879. The van der Waals surface area contributed by atoms with Gasteiger partial charge in [0.1, 0.15) is 17.2 Å². The van der Waals surface area contributed by atoms with Crippen LogP contribution in [-0.2, 0) is 7.05 Å². The lowest BCUT2D eigenvalue weighted by Gasteiger charge is -2.07. The summed E-state index contributed by atoms with van der Waals surface area (Å²) in [6.45, 7) is 0. The van der Waals surface area contributed by atoms with Gasteiger partial charge in [-0.2, -0.15) is 5.10 Å². The number of carboxylic acid groups (broad SMARTS) is 1. The second-order valence-corrected chi connectivity index (χ2v) is 3.77. The molecule has 0 saturated heterocycles. The standard InChI is InChI=1S/C12H10FN3O3/c1-16-10(8(6-14-16)12(18)19)15-11(17)7-4-2-3-5-9(7)13/h2-6H,1H3,(H,15,17)(H,18,19). The van der Waals surface area contributed by atoms with Gasteiger partial charge in [0.2, 0.25) is 0 Å². The highest BCUT2D eigenvalue weighted by molar-refractivity contribution is 6.07. The molecule has 19 heavy (non-hydrogen) atoms. The maximum absolute atomic E-state index is 13.4. The first-order chi connectivity index (χ1) is 9.00. The third kappa shape index (κ3) is 2.44. The summed E-state index contributed by atoms with van der Waals surface area (Å²) in [5.74, 6) is -2.64. The van der Waals surface area contributed by atoms with Crippen LogP contribution in [0, 0.1) is 5.82 Å². The van der Waals surface area contributed by atoms with Crippen LogP contribution in [0.5, 0.6) is 0 Å². The van der Waals surface area contributed by atoms with Crippen molar-refractivity contribution in [3.63, 3.8) is 0 Å². The zero-order chi connectivity index (χ0) is 14.0. The first-order valence-corrected chi connectivity index (χ1v) is 5.32. The number of benzene rings is 1. The lowest BCUT2D eigenvalue weighted by Crippen LogP contribution is -2.18. The predicted octanol–water partition coefficient (Wildman–Crippen LogP) is 1.51. The number of amides is 1. The third-order valence-electron chi connectivity index (χ3n) is 2.52. The van der Waals surface area contributed by atoms with Gasteiger partial charge in [-0.25, -0.2) is 9.18 Å². The van der Waals surface area contributed by atoms with E-state index in [2.05, 4.69) is 10.4 Å². The molecule has 1 heterocycles. The Bertz CT molecular complexity index is 651. The number of aromatic carboxylic acids is 1. The minimum Gasteiger partial charge on any atom is -0.477 e. The highest BCUT2D eigenvalue weighted by Crippen LogP contribution is 2.16. The number of rotatable bonds is 3. The third-order valence-corrected chi connectivity index (χ3v) is 2.52. The molecule has 1 aromatic heterocycles. The van der Waals surface area contributed by atoms with Crippen LogP contribution in [0.1, 0.15) is 20.7 Å². The second-order valence-electron chi connectivity index (χ2n) is 3.77. The van der Waals surface area contributed by atoms with Gasteiger partial charge in [0.15, 0.2) is 0 Å². The number of aromatic nitrogens is 2. The van der Waals surface area contributed by atoms with Crippen LogP contribution in [0.25, 0.3) is 0 Å². The number of hydrogen-bond donors (Lipinski definition) is 2. The largest absolute Gasteiger partial charge is 0.477 e. The lowest BCUT2D eigenvalue weighted by molar-refractivity contribution is 0.0698. The normalized spacial score (nSPS) is 10.2. The molecular weight excluding hydrogens is 253 g/mol. The first kappa shape index (κ1) is 12.7. The molecule has 0 radical (unpaired) electrons. The van der Waals surface area contributed by atoms with Crippen molar-refractivity contribution < 1.29 is 19.1 Å². The molecule has 0 spiro atoms. The van der Waals surface area contributed by atoms with E-state index in [4.69, 9.17) is 5.11 Å². The fraction of sp³-hybridized carbons (Fsp3) is 0.0833. The molecule has 0 aliphatic rings. The van der Waals surface area contributed by atoms with E-state index in [0.29, 0.717) is 0 Å². The van der Waals surface area contributed by atoms with Gasteiger partial charge in [-0.15, -0.1) is 0 Å². The molecule has 0 aliphatic heterocycles. The molecule has 0 aliphatic carbocycles. The summed E-state index contributed by atoms with van der Waals surface area (Å²) in [6, 6.07) is 5.43. The van der Waals surface area contributed by atoms with Gasteiger partial charge in [-0.3, -0.25) is 9.48 Å². The number of nitrogens with zero attached hydrogens (tertiary/aromatic N) is 2. The zero-order valence-corrected chi connectivity index (χ0v) is 9.92. The fourth-order valence-electron chi connectivity index (χ4n) is 1.56. The van der Waals surface area contributed by atoms with Gasteiger partial charge >= 0.3 is 5.97 Å². The summed E-state index contributed by atoms with van der Waals surface area (Å²) in [5, 5.41) is 15.0. The molecule has 2 aromatic rings. The SMILES string of the molecule is Cn1ncc(C(=O)O)c1NC(=O)c1ccccc1F. The highest BCUT2D eigenvalue weighted by Gasteiger charge is 2.19. The summed E-state index contributed by atoms with van der Waals surface area (Å²) >= 11 is 0. The van der Waals surface area contributed by atoms with Crippen LogP contribution >= 0.6 is 0 Å². The van der Waals surface area contributed by atoms with Crippen LogP contribution in [-0.4, -0.2) is 26.8 Å². The number of carbonyl (C=O) groups excluding carboxylic acids is 1. The second kappa shape index (κ2) is 4.89. The monoisotopic (exact) mass is 263 g/mol. The summed E-state index contributed by atoms with van der Waals surface area (Å²) in [5.41, 5.74) is -0.327. The molecule has 2 N–H and O–H groups in total. The van der Waals surface area contributed by atoms with Crippen LogP contribution < -0.4 is 5.32 Å². The fourth-order valence-corrected chi connectivity index (χ4v) is 1.56. The Morgan fingerprint density at radius 1 is 1.32 bits per heavy atom. The van der Waals surface area contributed by atoms with Crippen molar-refractivity contribution in [1.82, 2.24) is 9.78 Å². The Labute approximate surface area is 107 Å². The van der Waals surface area contributed by atoms with Crippen molar-refractivity contribution in [2.45, 2.75) is 0 Å². The Balaban J connectivity index is 2.32. The van der Waals surface area contributed by atoms with E-state index in [9.17, 15) is 14.0 Å². The summed E-state index contributed by atoms with van der Waals surface area (Å²) in [6.07, 6.45) is 1.11. The summed E-state index contributed by atoms with van der Waals surface area (Å²) < 4.78 is 14.6. The molecule has 0 unspecified atom stereocenters. The topological polar surface area (TPSA) is 84.2 Å². The van der Waals surface area contributed by atoms with Crippen molar-refractivity contribution in [3.8, 4) is 0 Å². The van der Waals surface area contributed by atoms with Crippen molar-refractivity contribution in [3.05, 3.63) is 47.4 Å². The van der Waals surface area contributed by atoms with E-state index in [1.807, 2.05) is 0 Å². The minimum atomic E-state index is -1.23. The number of nitrogens with one attached hydrogen (secondary N) is 1. The van der Waals surface area contributed by atoms with Crippen LogP contribution in [0.2, 0.25) is 0 Å². The van der Waals surface area contributed by atoms with Crippen LogP contribution in [0.15, 0.2) is 30.5 Å². The van der Waals surface area contributed by atoms with Crippen molar-refractivity contribution in [1.29, 1.82) is 0 Å². The maximum atomic E-state index is 13.4. The molecule has 0 atom stereocenters. The smallest absolute Gasteiger partial charge is 0.341 e. The average Bonchev–Trinajstić information content (AvgIpc) is 2.71. The van der Waals surface area contributed by atoms with E-state index < -0.39 is 17.7 Å². The summed E-state index contributed by atoms with van der Waals surface area (Å²) in [4.78, 5) is 22.8. The minimum absolute atomic E-state index is 0.000697. The molecule has 98 valence electrons. The van der Waals surface area contributed by atoms with Gasteiger partial charge in [-0.05, 0) is 12.1 Å². The van der Waals surface area contributed by atoms with Crippen LogP contribution in [0.4, 0.5) is 10.2 Å². The van der Waals surface area contributed by atoms with E-state index in [-0.39, 0.29) is 16.9 Å². The van der Waals surface area contributed by atoms with Gasteiger partial charge in [-0.1, -0.05) is 12.1 Å². The molecule has 0 saturated carbocycles. The maximum Gasteiger partial charge on any atom is 0.341 e. The summed E-state index contributed by atoms with van der Waals surface area (Å²) in [7, 11) is 1.48. The Morgan fingerprint density at radius 3 is 2.63 bits per heavy atom. The number of hydrogen-bond acceptors (Lipinski definition) is 3. The number of aryl methyl sites for hydroxylation is 1. The van der Waals surface area contributed by atoms with Crippen molar-refractivity contribution >= 4 is 17.7 Å². The first-order valence-electron chi connectivity index (χ1n) is 5.32. The van der Waals surface area contributed by atoms with E-state index in [1.165, 1.54) is 29.9 Å².